The lowest BCUT2D eigenvalue weighted by atomic mass is 10.0. The maximum atomic E-state index is 13.3. The number of carbonyl (C=O) groups is 1. The van der Waals surface area contributed by atoms with Gasteiger partial charge in [-0.25, -0.2) is 13.2 Å². The van der Waals surface area contributed by atoms with E-state index in [0.717, 1.165) is 31.4 Å². The molecule has 0 saturated heterocycles. The molecule has 0 fully saturated rings. The topological polar surface area (TPSA) is 17.1 Å². The Morgan fingerprint density at radius 1 is 1.06 bits per heavy atom. The first-order chi connectivity index (χ1) is 8.07. The highest BCUT2D eigenvalue weighted by molar-refractivity contribution is 5.96. The lowest BCUT2D eigenvalue weighted by molar-refractivity contribution is 0.0974. The molecule has 0 aliphatic heterocycles. The van der Waals surface area contributed by atoms with Gasteiger partial charge in [-0.1, -0.05) is 26.2 Å². The number of ketones is 1. The first-order valence-corrected chi connectivity index (χ1v) is 5.74. The fraction of sp³-hybridized carbons (Fsp3) is 0.462. The average Bonchev–Trinajstić information content (AvgIpc) is 2.31. The molecule has 0 unspecified atom stereocenters. The number of carbonyl (C=O) groups excluding carboxylic acids is 1. The van der Waals surface area contributed by atoms with Crippen molar-refractivity contribution in [1.82, 2.24) is 0 Å². The van der Waals surface area contributed by atoms with Crippen LogP contribution in [-0.4, -0.2) is 5.78 Å². The van der Waals surface area contributed by atoms with Crippen molar-refractivity contribution in [3.8, 4) is 0 Å². The Hall–Kier alpha value is -1.32. The van der Waals surface area contributed by atoms with Crippen LogP contribution in [0.15, 0.2) is 12.1 Å². The third-order valence-corrected chi connectivity index (χ3v) is 2.59. The van der Waals surface area contributed by atoms with Crippen molar-refractivity contribution < 1.29 is 18.0 Å². The number of Topliss-reactive ketones (excluding diaryl/α,β-unsaturated/α-hetero) is 1. The summed E-state index contributed by atoms with van der Waals surface area (Å²) in [5.41, 5.74) is -0.361. The number of unbranched alkanes of at least 4 members (excludes halogenated alkanes) is 3. The van der Waals surface area contributed by atoms with Crippen molar-refractivity contribution in [1.29, 1.82) is 0 Å². The Bertz CT molecular complexity index is 402. The number of hydrogen-bond acceptors (Lipinski definition) is 1. The van der Waals surface area contributed by atoms with Gasteiger partial charge in [0.1, 0.15) is 0 Å². The molecule has 1 aromatic rings. The smallest absolute Gasteiger partial charge is 0.195 e. The maximum Gasteiger partial charge on any atom is 0.195 e. The maximum absolute atomic E-state index is 13.3. The third kappa shape index (κ3) is 3.58. The molecule has 0 bridgehead atoms. The van der Waals surface area contributed by atoms with E-state index in [0.29, 0.717) is 6.42 Å². The summed E-state index contributed by atoms with van der Waals surface area (Å²) in [7, 11) is 0. The lowest BCUT2D eigenvalue weighted by Gasteiger charge is -2.04. The Kier molecular flexibility index (Phi) is 5.19. The molecule has 1 rings (SSSR count). The zero-order valence-corrected chi connectivity index (χ0v) is 9.73. The highest BCUT2D eigenvalue weighted by atomic mass is 19.2. The second-order valence-corrected chi connectivity index (χ2v) is 3.96. The van der Waals surface area contributed by atoms with Crippen LogP contribution in [0.4, 0.5) is 13.2 Å². The molecule has 0 aliphatic carbocycles. The van der Waals surface area contributed by atoms with Gasteiger partial charge in [0.15, 0.2) is 23.2 Å². The Labute approximate surface area is 98.6 Å². The van der Waals surface area contributed by atoms with Crippen LogP contribution < -0.4 is 0 Å². The normalized spacial score (nSPS) is 10.6. The van der Waals surface area contributed by atoms with E-state index < -0.39 is 23.2 Å². The van der Waals surface area contributed by atoms with E-state index in [1.54, 1.807) is 0 Å². The minimum Gasteiger partial charge on any atom is -0.294 e. The van der Waals surface area contributed by atoms with Gasteiger partial charge < -0.3 is 0 Å². The first-order valence-electron chi connectivity index (χ1n) is 5.74. The lowest BCUT2D eigenvalue weighted by Crippen LogP contribution is -2.05. The van der Waals surface area contributed by atoms with Gasteiger partial charge in [-0.2, -0.15) is 0 Å². The van der Waals surface area contributed by atoms with E-state index in [9.17, 15) is 18.0 Å². The van der Waals surface area contributed by atoms with Gasteiger partial charge in [0.05, 0.1) is 5.56 Å². The quantitative estimate of drug-likeness (QED) is 0.415. The Morgan fingerprint density at radius 2 is 1.76 bits per heavy atom. The summed E-state index contributed by atoms with van der Waals surface area (Å²) in [6.45, 7) is 2.04. The minimum absolute atomic E-state index is 0.169. The van der Waals surface area contributed by atoms with Gasteiger partial charge in [-0.3, -0.25) is 4.79 Å². The molecule has 1 aromatic carbocycles. The molecule has 94 valence electrons. The van der Waals surface area contributed by atoms with Crippen LogP contribution in [0.1, 0.15) is 49.4 Å². The van der Waals surface area contributed by atoms with Crippen LogP contribution in [0.3, 0.4) is 0 Å². The fourth-order valence-corrected chi connectivity index (χ4v) is 1.59. The molecule has 0 atom stereocenters. The molecule has 0 amide bonds. The zero-order valence-electron chi connectivity index (χ0n) is 9.73. The van der Waals surface area contributed by atoms with Crippen LogP contribution >= 0.6 is 0 Å². The second kappa shape index (κ2) is 6.42. The standard InChI is InChI=1S/C13H15F3O/c1-2-3-4-5-6-11(17)9-7-8-10(14)13(16)12(9)15/h7-8H,2-6H2,1H3. The summed E-state index contributed by atoms with van der Waals surface area (Å²) in [6, 6.07) is 1.77. The van der Waals surface area contributed by atoms with Crippen molar-refractivity contribution in [2.24, 2.45) is 0 Å². The van der Waals surface area contributed by atoms with Crippen LogP contribution in [0.25, 0.3) is 0 Å². The van der Waals surface area contributed by atoms with Gasteiger partial charge >= 0.3 is 0 Å². The summed E-state index contributed by atoms with van der Waals surface area (Å²) in [4.78, 5) is 11.6. The van der Waals surface area contributed by atoms with Crippen molar-refractivity contribution in [2.45, 2.75) is 39.0 Å². The summed E-state index contributed by atoms with van der Waals surface area (Å²) in [5.74, 6) is -4.71. The summed E-state index contributed by atoms with van der Waals surface area (Å²) in [6.07, 6.45) is 3.74. The van der Waals surface area contributed by atoms with Crippen LogP contribution in [0.2, 0.25) is 0 Å². The van der Waals surface area contributed by atoms with Crippen molar-refractivity contribution in [2.75, 3.05) is 0 Å². The number of rotatable bonds is 6. The van der Waals surface area contributed by atoms with Gasteiger partial charge in [0.2, 0.25) is 0 Å². The van der Waals surface area contributed by atoms with Crippen LogP contribution in [0, 0.1) is 17.5 Å². The molecule has 4 heteroatoms. The SMILES string of the molecule is CCCCCCC(=O)c1ccc(F)c(F)c1F. The molecule has 0 spiro atoms. The van der Waals surface area contributed by atoms with Crippen molar-refractivity contribution in [3.63, 3.8) is 0 Å². The predicted molar refractivity (Wildman–Crippen MR) is 59.4 cm³/mol. The van der Waals surface area contributed by atoms with Crippen molar-refractivity contribution >= 4 is 5.78 Å². The monoisotopic (exact) mass is 244 g/mol. The largest absolute Gasteiger partial charge is 0.294 e. The first kappa shape index (κ1) is 13.7. The molecular weight excluding hydrogens is 229 g/mol. The number of hydrogen-bond donors (Lipinski definition) is 0. The fourth-order valence-electron chi connectivity index (χ4n) is 1.59. The Morgan fingerprint density at radius 3 is 2.41 bits per heavy atom. The van der Waals surface area contributed by atoms with E-state index in [1.807, 2.05) is 6.92 Å². The average molecular weight is 244 g/mol. The van der Waals surface area contributed by atoms with Gasteiger partial charge in [-0.05, 0) is 18.6 Å². The molecule has 0 aromatic heterocycles. The van der Waals surface area contributed by atoms with Crippen LogP contribution in [0.5, 0.6) is 0 Å². The second-order valence-electron chi connectivity index (χ2n) is 3.96. The van der Waals surface area contributed by atoms with E-state index in [2.05, 4.69) is 0 Å². The zero-order chi connectivity index (χ0) is 12.8. The van der Waals surface area contributed by atoms with E-state index >= 15 is 0 Å². The molecular formula is C13H15F3O. The van der Waals surface area contributed by atoms with Crippen molar-refractivity contribution in [3.05, 3.63) is 35.1 Å². The van der Waals surface area contributed by atoms with Gasteiger partial charge in [0, 0.05) is 6.42 Å². The Balaban J connectivity index is 2.66. The van der Waals surface area contributed by atoms with Gasteiger partial charge in [0.25, 0.3) is 0 Å². The summed E-state index contributed by atoms with van der Waals surface area (Å²) >= 11 is 0. The predicted octanol–water partition coefficient (Wildman–Crippen LogP) is 4.26. The minimum atomic E-state index is -1.58. The molecule has 0 saturated carbocycles. The van der Waals surface area contributed by atoms with Crippen LogP contribution in [-0.2, 0) is 0 Å². The molecule has 0 radical (unpaired) electrons. The van der Waals surface area contributed by atoms with E-state index in [-0.39, 0.29) is 12.0 Å². The van der Waals surface area contributed by atoms with Gasteiger partial charge in [-0.15, -0.1) is 0 Å². The number of halogens is 3. The molecule has 1 nitrogen and oxygen atoms in total. The van der Waals surface area contributed by atoms with E-state index in [4.69, 9.17) is 0 Å². The summed E-state index contributed by atoms with van der Waals surface area (Å²) in [5, 5.41) is 0. The number of benzene rings is 1. The third-order valence-electron chi connectivity index (χ3n) is 2.59. The highest BCUT2D eigenvalue weighted by Gasteiger charge is 2.18. The molecule has 17 heavy (non-hydrogen) atoms. The molecule has 0 aliphatic rings. The molecule has 0 N–H and O–H groups in total. The highest BCUT2D eigenvalue weighted by Crippen LogP contribution is 2.17. The van der Waals surface area contributed by atoms with E-state index in [1.165, 1.54) is 0 Å². The summed E-state index contributed by atoms with van der Waals surface area (Å²) < 4.78 is 38.8. The molecule has 0 heterocycles.